The third-order valence-corrected chi connectivity index (χ3v) is 4.30. The quantitative estimate of drug-likeness (QED) is 0.730. The van der Waals surface area contributed by atoms with E-state index in [0.29, 0.717) is 0 Å². The Balaban J connectivity index is 1.75. The second-order valence-corrected chi connectivity index (χ2v) is 5.98. The normalized spacial score (nSPS) is 13.9. The van der Waals surface area contributed by atoms with Gasteiger partial charge in [-0.2, -0.15) is 5.10 Å². The largest absolute Gasteiger partial charge is 0.349 e. The van der Waals surface area contributed by atoms with Crippen molar-refractivity contribution in [3.05, 3.63) is 65.2 Å². The number of nitrogens with zero attached hydrogens (tertiary/aromatic N) is 5. The van der Waals surface area contributed by atoms with Crippen LogP contribution in [-0.4, -0.2) is 26.3 Å². The van der Waals surface area contributed by atoms with E-state index in [0.717, 1.165) is 42.5 Å². The molecule has 0 aliphatic carbocycles. The van der Waals surface area contributed by atoms with Gasteiger partial charge in [-0.15, -0.1) is 0 Å². The average molecular weight is 305 g/mol. The minimum atomic E-state index is 0.803. The Morgan fingerprint density at radius 1 is 0.957 bits per heavy atom. The van der Waals surface area contributed by atoms with Crippen molar-refractivity contribution in [3.8, 4) is 5.82 Å². The molecule has 0 fully saturated rings. The molecule has 0 radical (unpaired) electrons. The first-order valence-electron chi connectivity index (χ1n) is 7.89. The molecule has 0 atom stereocenters. The molecular formula is C18H19N5. The molecule has 3 heterocycles. The number of aryl methyl sites for hydroxylation is 2. The predicted octanol–water partition coefficient (Wildman–Crippen LogP) is 2.84. The summed E-state index contributed by atoms with van der Waals surface area (Å²) >= 11 is 0. The van der Waals surface area contributed by atoms with Gasteiger partial charge in [0.15, 0.2) is 11.6 Å². The summed E-state index contributed by atoms with van der Waals surface area (Å²) in [7, 11) is 0. The van der Waals surface area contributed by atoms with Crippen molar-refractivity contribution in [2.75, 3.05) is 11.4 Å². The Hall–Kier alpha value is -2.69. The lowest BCUT2D eigenvalue weighted by Crippen LogP contribution is -2.32. The van der Waals surface area contributed by atoms with E-state index in [-0.39, 0.29) is 0 Å². The maximum atomic E-state index is 4.60. The first-order chi connectivity index (χ1) is 11.2. The van der Waals surface area contributed by atoms with Crippen molar-refractivity contribution in [1.29, 1.82) is 0 Å². The number of anilines is 1. The number of aromatic nitrogens is 4. The van der Waals surface area contributed by atoms with Gasteiger partial charge in [-0.25, -0.2) is 14.6 Å². The highest BCUT2D eigenvalue weighted by atomic mass is 15.3. The maximum Gasteiger partial charge on any atom is 0.197 e. The van der Waals surface area contributed by atoms with Crippen molar-refractivity contribution in [2.24, 2.45) is 0 Å². The molecular weight excluding hydrogens is 286 g/mol. The van der Waals surface area contributed by atoms with E-state index in [1.807, 2.05) is 18.5 Å². The molecule has 1 aliphatic heterocycles. The summed E-state index contributed by atoms with van der Waals surface area (Å²) in [6.07, 6.45) is 4.52. The van der Waals surface area contributed by atoms with Crippen LogP contribution < -0.4 is 4.90 Å². The van der Waals surface area contributed by atoms with Crippen molar-refractivity contribution in [3.63, 3.8) is 0 Å². The minimum Gasteiger partial charge on any atom is -0.349 e. The third kappa shape index (κ3) is 2.48. The zero-order chi connectivity index (χ0) is 15.8. The molecule has 116 valence electrons. The van der Waals surface area contributed by atoms with Crippen molar-refractivity contribution in [2.45, 2.75) is 26.8 Å². The number of hydrogen-bond donors (Lipinski definition) is 0. The van der Waals surface area contributed by atoms with Crippen LogP contribution in [0.25, 0.3) is 5.82 Å². The van der Waals surface area contributed by atoms with E-state index < -0.39 is 0 Å². The highest BCUT2D eigenvalue weighted by molar-refractivity contribution is 5.55. The smallest absolute Gasteiger partial charge is 0.197 e. The van der Waals surface area contributed by atoms with Crippen LogP contribution >= 0.6 is 0 Å². The first kappa shape index (κ1) is 13.9. The van der Waals surface area contributed by atoms with Gasteiger partial charge in [0.25, 0.3) is 0 Å². The van der Waals surface area contributed by atoms with Gasteiger partial charge in [-0.1, -0.05) is 24.3 Å². The molecule has 0 amide bonds. The zero-order valence-corrected chi connectivity index (χ0v) is 13.4. The van der Waals surface area contributed by atoms with E-state index >= 15 is 0 Å². The van der Waals surface area contributed by atoms with Crippen molar-refractivity contribution < 1.29 is 0 Å². The number of fused-ring (bicyclic) bond motifs is 1. The fourth-order valence-corrected chi connectivity index (χ4v) is 3.22. The van der Waals surface area contributed by atoms with Crippen LogP contribution in [0.2, 0.25) is 0 Å². The van der Waals surface area contributed by atoms with Crippen LogP contribution in [0, 0.1) is 13.8 Å². The standard InChI is InChI=1S/C18H19N5/c1-13-11-14(2)23(21-13)18-17(19-8-9-20-18)22-10-7-15-5-3-4-6-16(15)12-22/h3-6,8-9,11H,7,10,12H2,1-2H3. The minimum absolute atomic E-state index is 0.803. The average Bonchev–Trinajstić information content (AvgIpc) is 2.92. The van der Waals surface area contributed by atoms with Gasteiger partial charge >= 0.3 is 0 Å². The Labute approximate surface area is 135 Å². The second kappa shape index (κ2) is 5.50. The molecule has 5 heteroatoms. The van der Waals surface area contributed by atoms with Gasteiger partial charge in [-0.05, 0) is 37.5 Å². The first-order valence-corrected chi connectivity index (χ1v) is 7.89. The Morgan fingerprint density at radius 2 is 1.70 bits per heavy atom. The van der Waals surface area contributed by atoms with Crippen molar-refractivity contribution >= 4 is 5.82 Å². The van der Waals surface area contributed by atoms with Gasteiger partial charge in [0.2, 0.25) is 0 Å². The van der Waals surface area contributed by atoms with Crippen molar-refractivity contribution in [1.82, 2.24) is 19.7 Å². The summed E-state index contributed by atoms with van der Waals surface area (Å²) in [6.45, 7) is 5.85. The number of benzene rings is 1. The Morgan fingerprint density at radius 3 is 2.43 bits per heavy atom. The van der Waals surface area contributed by atoms with Gasteiger partial charge in [0.05, 0.1) is 5.69 Å². The summed E-state index contributed by atoms with van der Waals surface area (Å²) in [5, 5.41) is 4.57. The van der Waals surface area contributed by atoms with Gasteiger partial charge in [0.1, 0.15) is 0 Å². The molecule has 0 N–H and O–H groups in total. The molecule has 0 bridgehead atoms. The molecule has 0 saturated heterocycles. The fraction of sp³-hybridized carbons (Fsp3) is 0.278. The second-order valence-electron chi connectivity index (χ2n) is 5.98. The van der Waals surface area contributed by atoms with E-state index in [9.17, 15) is 0 Å². The molecule has 3 aromatic rings. The van der Waals surface area contributed by atoms with E-state index in [4.69, 9.17) is 0 Å². The van der Waals surface area contributed by atoms with Crippen LogP contribution in [0.15, 0.2) is 42.7 Å². The molecule has 4 rings (SSSR count). The SMILES string of the molecule is Cc1cc(C)n(-c2nccnc2N2CCc3ccccc3C2)n1. The van der Waals surface area contributed by atoms with E-state index in [1.165, 1.54) is 11.1 Å². The van der Waals surface area contributed by atoms with Crippen LogP contribution in [0.3, 0.4) is 0 Å². The summed E-state index contributed by atoms with van der Waals surface area (Å²) in [5.41, 5.74) is 4.86. The molecule has 0 saturated carbocycles. The van der Waals surface area contributed by atoms with Gasteiger partial charge in [0, 0.05) is 31.2 Å². The lowest BCUT2D eigenvalue weighted by Gasteiger charge is -2.30. The van der Waals surface area contributed by atoms with Gasteiger partial charge < -0.3 is 4.90 Å². The monoisotopic (exact) mass is 305 g/mol. The molecule has 2 aromatic heterocycles. The summed E-state index contributed by atoms with van der Waals surface area (Å²) in [6, 6.07) is 10.7. The summed E-state index contributed by atoms with van der Waals surface area (Å²) in [5.74, 6) is 1.70. The third-order valence-electron chi connectivity index (χ3n) is 4.30. The lowest BCUT2D eigenvalue weighted by molar-refractivity contribution is 0.703. The zero-order valence-electron chi connectivity index (χ0n) is 13.4. The highest BCUT2D eigenvalue weighted by Gasteiger charge is 2.21. The van der Waals surface area contributed by atoms with E-state index in [2.05, 4.69) is 50.3 Å². The Bertz CT molecular complexity index is 852. The molecule has 23 heavy (non-hydrogen) atoms. The summed E-state index contributed by atoms with van der Waals surface area (Å²) < 4.78 is 1.89. The van der Waals surface area contributed by atoms with Crippen LogP contribution in [0.5, 0.6) is 0 Å². The maximum absolute atomic E-state index is 4.60. The fourth-order valence-electron chi connectivity index (χ4n) is 3.22. The number of hydrogen-bond acceptors (Lipinski definition) is 4. The molecule has 1 aromatic carbocycles. The van der Waals surface area contributed by atoms with Gasteiger partial charge in [-0.3, -0.25) is 0 Å². The van der Waals surface area contributed by atoms with E-state index in [1.54, 1.807) is 12.4 Å². The predicted molar refractivity (Wildman–Crippen MR) is 89.8 cm³/mol. The topological polar surface area (TPSA) is 46.8 Å². The molecule has 0 unspecified atom stereocenters. The summed E-state index contributed by atoms with van der Waals surface area (Å²) in [4.78, 5) is 11.4. The Kier molecular flexibility index (Phi) is 3.33. The molecule has 0 spiro atoms. The molecule has 1 aliphatic rings. The van der Waals surface area contributed by atoms with Crippen LogP contribution in [-0.2, 0) is 13.0 Å². The molecule has 5 nitrogen and oxygen atoms in total. The highest BCUT2D eigenvalue weighted by Crippen LogP contribution is 2.26. The van der Waals surface area contributed by atoms with Crippen LogP contribution in [0.4, 0.5) is 5.82 Å². The van der Waals surface area contributed by atoms with Crippen LogP contribution in [0.1, 0.15) is 22.5 Å². The number of rotatable bonds is 2. The lowest BCUT2D eigenvalue weighted by atomic mass is 10.00.